The van der Waals surface area contributed by atoms with Gasteiger partial charge in [-0.05, 0) is 13.3 Å². The number of hydrogen-bond donors (Lipinski definition) is 0. The van der Waals surface area contributed by atoms with Crippen LogP contribution in [0.15, 0.2) is 0 Å². The van der Waals surface area contributed by atoms with Gasteiger partial charge in [0.1, 0.15) is 0 Å². The second-order valence-electron chi connectivity index (χ2n) is 2.09. The zero-order valence-corrected chi connectivity index (χ0v) is 6.05. The molecule has 0 aliphatic heterocycles. The van der Waals surface area contributed by atoms with Crippen LogP contribution in [0.3, 0.4) is 0 Å². The number of alkyl halides is 2. The Morgan fingerprint density at radius 1 is 1.60 bits per heavy atom. The molecule has 0 aromatic rings. The number of hydrogen-bond acceptors (Lipinski definition) is 1. The highest BCUT2D eigenvalue weighted by atomic mass is 19.3. The molecule has 1 atom stereocenters. The summed E-state index contributed by atoms with van der Waals surface area (Å²) in [5.74, 6) is 0. The van der Waals surface area contributed by atoms with E-state index in [2.05, 4.69) is 0 Å². The van der Waals surface area contributed by atoms with Crippen molar-refractivity contribution in [1.29, 1.82) is 0 Å². The van der Waals surface area contributed by atoms with Crippen molar-refractivity contribution >= 4 is 6.41 Å². The first kappa shape index (κ1) is 9.33. The molecule has 1 unspecified atom stereocenters. The first-order valence-electron chi connectivity index (χ1n) is 3.14. The van der Waals surface area contributed by atoms with E-state index < -0.39 is 6.55 Å². The normalized spacial score (nSPS) is 13.3. The minimum absolute atomic E-state index is 0.179. The Morgan fingerprint density at radius 3 is 2.20 bits per heavy atom. The van der Waals surface area contributed by atoms with Crippen LogP contribution in [0, 0.1) is 0 Å². The summed E-state index contributed by atoms with van der Waals surface area (Å²) in [7, 11) is 0. The Kier molecular flexibility index (Phi) is 3.91. The molecule has 0 bridgehead atoms. The molecule has 10 heavy (non-hydrogen) atoms. The highest BCUT2D eigenvalue weighted by Crippen LogP contribution is 2.07. The summed E-state index contributed by atoms with van der Waals surface area (Å²) < 4.78 is 23.7. The van der Waals surface area contributed by atoms with E-state index in [9.17, 15) is 13.6 Å². The van der Waals surface area contributed by atoms with Gasteiger partial charge in [-0.15, -0.1) is 0 Å². The molecule has 0 aliphatic rings. The number of halogens is 2. The third kappa shape index (κ3) is 2.29. The van der Waals surface area contributed by atoms with Crippen LogP contribution in [0.25, 0.3) is 0 Å². The van der Waals surface area contributed by atoms with Gasteiger partial charge in [-0.2, -0.15) is 8.78 Å². The SMILES string of the molecule is CCC(C)N(C=O)C(F)F. The summed E-state index contributed by atoms with van der Waals surface area (Å²) >= 11 is 0. The standard InChI is InChI=1S/C6H11F2NO/c1-3-5(2)9(4-10)6(7)8/h4-6H,3H2,1-2H3. The Bertz CT molecular complexity index is 108. The molecule has 0 heterocycles. The fraction of sp³-hybridized carbons (Fsp3) is 0.833. The lowest BCUT2D eigenvalue weighted by Gasteiger charge is -2.22. The molecule has 0 saturated heterocycles. The van der Waals surface area contributed by atoms with E-state index in [1.54, 1.807) is 13.8 Å². The molecular formula is C6H11F2NO. The van der Waals surface area contributed by atoms with E-state index in [0.29, 0.717) is 11.3 Å². The van der Waals surface area contributed by atoms with Crippen molar-refractivity contribution in [1.82, 2.24) is 4.90 Å². The van der Waals surface area contributed by atoms with Crippen molar-refractivity contribution in [3.8, 4) is 0 Å². The second-order valence-corrected chi connectivity index (χ2v) is 2.09. The molecule has 4 heteroatoms. The lowest BCUT2D eigenvalue weighted by atomic mass is 10.2. The van der Waals surface area contributed by atoms with Gasteiger partial charge in [0.15, 0.2) is 0 Å². The zero-order valence-electron chi connectivity index (χ0n) is 6.05. The highest BCUT2D eigenvalue weighted by Gasteiger charge is 2.18. The largest absolute Gasteiger partial charge is 0.317 e. The Labute approximate surface area is 58.8 Å². The van der Waals surface area contributed by atoms with Gasteiger partial charge in [0, 0.05) is 6.04 Å². The molecule has 60 valence electrons. The molecule has 1 amide bonds. The van der Waals surface area contributed by atoms with Gasteiger partial charge in [-0.1, -0.05) is 6.92 Å². The van der Waals surface area contributed by atoms with Gasteiger partial charge >= 0.3 is 6.55 Å². The van der Waals surface area contributed by atoms with Crippen LogP contribution >= 0.6 is 0 Å². The summed E-state index contributed by atoms with van der Waals surface area (Å²) in [6, 6.07) is -0.377. The first-order chi connectivity index (χ1) is 4.63. The number of nitrogens with zero attached hydrogens (tertiary/aromatic N) is 1. The van der Waals surface area contributed by atoms with E-state index in [-0.39, 0.29) is 12.5 Å². The average molecular weight is 151 g/mol. The van der Waals surface area contributed by atoms with Gasteiger partial charge in [0.05, 0.1) is 0 Å². The van der Waals surface area contributed by atoms with E-state index in [0.717, 1.165) is 0 Å². The lowest BCUT2D eigenvalue weighted by Crippen LogP contribution is -2.35. The third-order valence-corrected chi connectivity index (χ3v) is 1.45. The fourth-order valence-corrected chi connectivity index (χ4v) is 0.553. The number of carbonyl (C=O) groups is 1. The Morgan fingerprint density at radius 2 is 2.10 bits per heavy atom. The monoisotopic (exact) mass is 151 g/mol. The second kappa shape index (κ2) is 4.19. The number of amides is 1. The minimum Gasteiger partial charge on any atom is -0.286 e. The first-order valence-corrected chi connectivity index (χ1v) is 3.14. The Balaban J connectivity index is 3.92. The Hall–Kier alpha value is -0.670. The van der Waals surface area contributed by atoms with Crippen LogP contribution in [-0.4, -0.2) is 23.9 Å². The summed E-state index contributed by atoms with van der Waals surface area (Å²) in [5, 5.41) is 0. The van der Waals surface area contributed by atoms with E-state index in [4.69, 9.17) is 0 Å². The average Bonchev–Trinajstić information content (AvgIpc) is 1.88. The number of carbonyl (C=O) groups excluding carboxylic acids is 1. The molecule has 0 fully saturated rings. The van der Waals surface area contributed by atoms with Gasteiger partial charge in [-0.25, -0.2) is 0 Å². The molecule has 0 saturated carbocycles. The van der Waals surface area contributed by atoms with Gasteiger partial charge in [0.2, 0.25) is 6.41 Å². The van der Waals surface area contributed by atoms with Crippen LogP contribution in [0.4, 0.5) is 8.78 Å². The predicted octanol–water partition coefficient (Wildman–Crippen LogP) is 1.47. The van der Waals surface area contributed by atoms with Crippen molar-refractivity contribution in [2.45, 2.75) is 32.9 Å². The van der Waals surface area contributed by atoms with Crippen LogP contribution in [0.2, 0.25) is 0 Å². The van der Waals surface area contributed by atoms with Gasteiger partial charge < -0.3 is 0 Å². The molecule has 2 nitrogen and oxygen atoms in total. The third-order valence-electron chi connectivity index (χ3n) is 1.45. The summed E-state index contributed by atoms with van der Waals surface area (Å²) in [4.78, 5) is 10.5. The highest BCUT2D eigenvalue weighted by molar-refractivity contribution is 5.47. The lowest BCUT2D eigenvalue weighted by molar-refractivity contribution is -0.135. The van der Waals surface area contributed by atoms with Crippen LogP contribution in [0.1, 0.15) is 20.3 Å². The van der Waals surface area contributed by atoms with Gasteiger partial charge in [0.25, 0.3) is 0 Å². The minimum atomic E-state index is -2.67. The molecule has 0 N–H and O–H groups in total. The predicted molar refractivity (Wildman–Crippen MR) is 33.7 cm³/mol. The van der Waals surface area contributed by atoms with Crippen molar-refractivity contribution in [3.63, 3.8) is 0 Å². The molecule has 0 aromatic carbocycles. The maximum absolute atomic E-state index is 11.8. The fourth-order valence-electron chi connectivity index (χ4n) is 0.553. The summed E-state index contributed by atoms with van der Waals surface area (Å²) in [6.07, 6.45) is 0.724. The smallest absolute Gasteiger partial charge is 0.286 e. The summed E-state index contributed by atoms with van der Waals surface area (Å²) in [6.45, 7) is 0.664. The van der Waals surface area contributed by atoms with Crippen LogP contribution < -0.4 is 0 Å². The maximum Gasteiger partial charge on any atom is 0.317 e. The van der Waals surface area contributed by atoms with Gasteiger partial charge in [-0.3, -0.25) is 9.69 Å². The van der Waals surface area contributed by atoms with E-state index in [1.807, 2.05) is 0 Å². The topological polar surface area (TPSA) is 20.3 Å². The van der Waals surface area contributed by atoms with E-state index in [1.165, 1.54) is 0 Å². The maximum atomic E-state index is 11.8. The number of rotatable bonds is 4. The van der Waals surface area contributed by atoms with Crippen molar-refractivity contribution in [2.75, 3.05) is 0 Å². The van der Waals surface area contributed by atoms with Crippen molar-refractivity contribution in [2.24, 2.45) is 0 Å². The molecule has 0 aliphatic carbocycles. The molecule has 0 aromatic heterocycles. The van der Waals surface area contributed by atoms with Crippen molar-refractivity contribution in [3.05, 3.63) is 0 Å². The summed E-state index contributed by atoms with van der Waals surface area (Å²) in [5.41, 5.74) is 0. The van der Waals surface area contributed by atoms with Crippen molar-refractivity contribution < 1.29 is 13.6 Å². The molecular weight excluding hydrogens is 140 g/mol. The van der Waals surface area contributed by atoms with Crippen LogP contribution in [0.5, 0.6) is 0 Å². The van der Waals surface area contributed by atoms with Crippen LogP contribution in [-0.2, 0) is 4.79 Å². The van der Waals surface area contributed by atoms with E-state index >= 15 is 0 Å². The molecule has 0 radical (unpaired) electrons. The molecule has 0 rings (SSSR count). The quantitative estimate of drug-likeness (QED) is 0.440. The molecule has 0 spiro atoms. The zero-order chi connectivity index (χ0) is 8.15.